The summed E-state index contributed by atoms with van der Waals surface area (Å²) in [5.41, 5.74) is 1.62. The second-order valence-corrected chi connectivity index (χ2v) is 7.88. The van der Waals surface area contributed by atoms with Gasteiger partial charge in [-0.15, -0.1) is 0 Å². The van der Waals surface area contributed by atoms with Crippen LogP contribution in [-0.2, 0) is 10.3 Å². The summed E-state index contributed by atoms with van der Waals surface area (Å²) in [5, 5.41) is 9.10. The van der Waals surface area contributed by atoms with Crippen LogP contribution < -0.4 is 0 Å². The number of nitrogens with zero attached hydrogens (tertiary/aromatic N) is 1. The average Bonchev–Trinajstić information content (AvgIpc) is 2.76. The van der Waals surface area contributed by atoms with Gasteiger partial charge in [-0.25, -0.2) is 4.79 Å². The maximum absolute atomic E-state index is 12.8. The fraction of sp³-hybridized carbons (Fsp3) is 0.440. The maximum atomic E-state index is 12.8. The zero-order valence-electron chi connectivity index (χ0n) is 16.7. The Morgan fingerprint density at radius 3 is 2.36 bits per heavy atom. The van der Waals surface area contributed by atoms with Crippen molar-refractivity contribution in [2.45, 2.75) is 63.9 Å². The van der Waals surface area contributed by atoms with Gasteiger partial charge in [-0.3, -0.25) is 0 Å². The first-order chi connectivity index (χ1) is 13.7. The lowest BCUT2D eigenvalue weighted by molar-refractivity contribution is -0.0498. The van der Waals surface area contributed by atoms with Crippen LogP contribution in [0.25, 0.3) is 0 Å². The highest BCUT2D eigenvalue weighted by molar-refractivity contribution is 5.89. The van der Waals surface area contributed by atoms with Gasteiger partial charge in [-0.2, -0.15) is 5.26 Å². The highest BCUT2D eigenvalue weighted by atomic mass is 16.6. The molecule has 146 valence electrons. The van der Waals surface area contributed by atoms with Gasteiger partial charge < -0.3 is 4.74 Å². The molecule has 3 nitrogen and oxygen atoms in total. The molecule has 0 aromatic heterocycles. The van der Waals surface area contributed by atoms with Crippen molar-refractivity contribution in [3.63, 3.8) is 0 Å². The zero-order chi connectivity index (χ0) is 19.8. The molecule has 0 saturated heterocycles. The van der Waals surface area contributed by atoms with E-state index >= 15 is 0 Å². The average molecular weight is 376 g/mol. The molecule has 3 heteroatoms. The van der Waals surface area contributed by atoms with Gasteiger partial charge in [-0.05, 0) is 61.4 Å². The first-order valence-corrected chi connectivity index (χ1v) is 10.5. The highest BCUT2D eigenvalue weighted by Crippen LogP contribution is 2.44. The second kappa shape index (κ2) is 9.55. The molecule has 0 heterocycles. The van der Waals surface area contributed by atoms with E-state index in [1.54, 1.807) is 12.1 Å². The molecule has 1 fully saturated rings. The number of hydrogen-bond acceptors (Lipinski definition) is 3. The molecular weight excluding hydrogens is 346 g/mol. The SMILES string of the molecule is CCCCC[C@H]1CC[C@@](OC(=O)c2ccccc2)(c2ccc(C#N)cc2)CC1. The Morgan fingerprint density at radius 2 is 1.75 bits per heavy atom. The van der Waals surface area contributed by atoms with Crippen molar-refractivity contribution >= 4 is 5.97 Å². The molecule has 0 N–H and O–H groups in total. The number of benzene rings is 2. The summed E-state index contributed by atoms with van der Waals surface area (Å²) in [4.78, 5) is 12.8. The van der Waals surface area contributed by atoms with Crippen LogP contribution in [0.1, 0.15) is 79.8 Å². The number of carbonyl (C=O) groups excluding carboxylic acids is 1. The predicted molar refractivity (Wildman–Crippen MR) is 111 cm³/mol. The first-order valence-electron chi connectivity index (χ1n) is 10.5. The molecule has 0 bridgehead atoms. The van der Waals surface area contributed by atoms with Gasteiger partial charge in [0.2, 0.25) is 0 Å². The third-order valence-electron chi connectivity index (χ3n) is 5.97. The number of unbranched alkanes of at least 4 members (excludes halogenated alkanes) is 2. The zero-order valence-corrected chi connectivity index (χ0v) is 16.7. The van der Waals surface area contributed by atoms with Crippen LogP contribution in [0, 0.1) is 17.2 Å². The van der Waals surface area contributed by atoms with Crippen molar-refractivity contribution in [2.24, 2.45) is 5.92 Å². The lowest BCUT2D eigenvalue weighted by Gasteiger charge is -2.40. The molecule has 0 amide bonds. The quantitative estimate of drug-likeness (QED) is 0.417. The number of carbonyl (C=O) groups is 1. The summed E-state index contributed by atoms with van der Waals surface area (Å²) in [7, 11) is 0. The summed E-state index contributed by atoms with van der Waals surface area (Å²) in [5.74, 6) is 0.447. The second-order valence-electron chi connectivity index (χ2n) is 7.88. The van der Waals surface area contributed by atoms with Crippen LogP contribution in [0.4, 0.5) is 0 Å². The molecular formula is C25H29NO2. The minimum absolute atomic E-state index is 0.269. The lowest BCUT2D eigenvalue weighted by Crippen LogP contribution is -2.37. The van der Waals surface area contributed by atoms with E-state index in [-0.39, 0.29) is 5.97 Å². The molecule has 1 aliphatic rings. The number of hydrogen-bond donors (Lipinski definition) is 0. The molecule has 1 aliphatic carbocycles. The van der Waals surface area contributed by atoms with Gasteiger partial charge in [0, 0.05) is 0 Å². The smallest absolute Gasteiger partial charge is 0.339 e. The van der Waals surface area contributed by atoms with E-state index in [1.807, 2.05) is 42.5 Å². The van der Waals surface area contributed by atoms with Crippen LogP contribution in [0.3, 0.4) is 0 Å². The molecule has 0 radical (unpaired) electrons. The lowest BCUT2D eigenvalue weighted by atomic mass is 9.73. The van der Waals surface area contributed by atoms with Crippen molar-refractivity contribution in [2.75, 3.05) is 0 Å². The van der Waals surface area contributed by atoms with E-state index in [1.165, 1.54) is 25.7 Å². The Labute approximate surface area is 168 Å². The van der Waals surface area contributed by atoms with Crippen LogP contribution in [0.15, 0.2) is 54.6 Å². The van der Waals surface area contributed by atoms with E-state index < -0.39 is 5.60 Å². The minimum atomic E-state index is -0.595. The molecule has 1 saturated carbocycles. The van der Waals surface area contributed by atoms with Gasteiger partial charge in [-0.1, -0.05) is 62.9 Å². The van der Waals surface area contributed by atoms with E-state index in [2.05, 4.69) is 13.0 Å². The molecule has 0 spiro atoms. The molecule has 0 unspecified atom stereocenters. The van der Waals surface area contributed by atoms with Crippen LogP contribution in [0.2, 0.25) is 0 Å². The highest BCUT2D eigenvalue weighted by Gasteiger charge is 2.40. The maximum Gasteiger partial charge on any atom is 0.339 e. The van der Waals surface area contributed by atoms with Crippen molar-refractivity contribution in [3.8, 4) is 6.07 Å². The fourth-order valence-corrected chi connectivity index (χ4v) is 4.22. The Kier molecular flexibility index (Phi) is 6.87. The molecule has 0 atom stereocenters. The number of esters is 1. The van der Waals surface area contributed by atoms with Gasteiger partial charge >= 0.3 is 5.97 Å². The van der Waals surface area contributed by atoms with Crippen LogP contribution in [-0.4, -0.2) is 5.97 Å². The monoisotopic (exact) mass is 375 g/mol. The Morgan fingerprint density at radius 1 is 1.07 bits per heavy atom. The Hall–Kier alpha value is -2.60. The van der Waals surface area contributed by atoms with Crippen LogP contribution >= 0.6 is 0 Å². The minimum Gasteiger partial charge on any atom is -0.451 e. The topological polar surface area (TPSA) is 50.1 Å². The first kappa shape index (κ1) is 20.1. The van der Waals surface area contributed by atoms with Crippen molar-refractivity contribution < 1.29 is 9.53 Å². The molecule has 2 aromatic carbocycles. The van der Waals surface area contributed by atoms with E-state index in [4.69, 9.17) is 10.00 Å². The third-order valence-corrected chi connectivity index (χ3v) is 5.97. The summed E-state index contributed by atoms with van der Waals surface area (Å²) in [6, 6.07) is 18.9. The Bertz CT molecular complexity index is 797. The summed E-state index contributed by atoms with van der Waals surface area (Å²) < 4.78 is 6.18. The third kappa shape index (κ3) is 4.81. The van der Waals surface area contributed by atoms with Gasteiger partial charge in [0.15, 0.2) is 0 Å². The van der Waals surface area contributed by atoms with Crippen molar-refractivity contribution in [1.82, 2.24) is 0 Å². The molecule has 0 aliphatic heterocycles. The number of nitriles is 1. The standard InChI is InChI=1S/C25H29NO2/c1-2-3-5-8-20-15-17-25(18-16-20,23-13-11-21(19-26)12-14-23)28-24(27)22-9-6-4-7-10-22/h4,6-7,9-14,20H,2-3,5,8,15-18H2,1H3/t20-,25-. The molecule has 2 aromatic rings. The summed E-state index contributed by atoms with van der Waals surface area (Å²) in [6.07, 6.45) is 8.93. The van der Waals surface area contributed by atoms with Crippen LogP contribution in [0.5, 0.6) is 0 Å². The number of rotatable bonds is 7. The van der Waals surface area contributed by atoms with Crippen molar-refractivity contribution in [3.05, 3.63) is 71.3 Å². The number of ether oxygens (including phenoxy) is 1. The van der Waals surface area contributed by atoms with Gasteiger partial charge in [0.1, 0.15) is 5.60 Å². The largest absolute Gasteiger partial charge is 0.451 e. The van der Waals surface area contributed by atoms with Gasteiger partial charge in [0.25, 0.3) is 0 Å². The normalized spacial score (nSPS) is 21.6. The van der Waals surface area contributed by atoms with Crippen molar-refractivity contribution in [1.29, 1.82) is 5.26 Å². The molecule has 28 heavy (non-hydrogen) atoms. The predicted octanol–water partition coefficient (Wildman–Crippen LogP) is 6.38. The fourth-order valence-electron chi connectivity index (χ4n) is 4.22. The van der Waals surface area contributed by atoms with E-state index in [0.717, 1.165) is 31.2 Å². The summed E-state index contributed by atoms with van der Waals surface area (Å²) >= 11 is 0. The summed E-state index contributed by atoms with van der Waals surface area (Å²) in [6.45, 7) is 2.24. The van der Waals surface area contributed by atoms with E-state index in [0.29, 0.717) is 17.0 Å². The van der Waals surface area contributed by atoms with E-state index in [9.17, 15) is 4.79 Å². The molecule has 3 rings (SSSR count). The Balaban J connectivity index is 1.79. The van der Waals surface area contributed by atoms with Gasteiger partial charge in [0.05, 0.1) is 17.2 Å².